The molecular formula is C27H28ClFO5. The fraction of sp³-hybridized carbons (Fsp3) is 0.296. The molecule has 0 fully saturated rings. The number of rotatable bonds is 11. The second-order valence-corrected chi connectivity index (χ2v) is 8.32. The minimum atomic E-state index is -0.390. The first-order valence-corrected chi connectivity index (χ1v) is 11.4. The highest BCUT2D eigenvalue weighted by Crippen LogP contribution is 2.35. The summed E-state index contributed by atoms with van der Waals surface area (Å²) in [6.07, 6.45) is 1.44. The van der Waals surface area contributed by atoms with Gasteiger partial charge in [-0.3, -0.25) is 4.79 Å². The van der Waals surface area contributed by atoms with Crippen molar-refractivity contribution in [1.29, 1.82) is 0 Å². The molecule has 0 radical (unpaired) electrons. The first-order valence-electron chi connectivity index (χ1n) is 11.0. The number of halogens is 2. The van der Waals surface area contributed by atoms with Gasteiger partial charge in [0.2, 0.25) is 0 Å². The van der Waals surface area contributed by atoms with Crippen LogP contribution in [0.1, 0.15) is 30.9 Å². The smallest absolute Gasteiger partial charge is 0.305 e. The molecule has 0 bridgehead atoms. The minimum absolute atomic E-state index is 0.170. The maximum absolute atomic E-state index is 13.5. The van der Waals surface area contributed by atoms with Crippen molar-refractivity contribution in [3.05, 3.63) is 82.6 Å². The normalized spacial score (nSPS) is 11.6. The highest BCUT2D eigenvalue weighted by molar-refractivity contribution is 6.30. The van der Waals surface area contributed by atoms with E-state index < -0.39 is 0 Å². The molecular weight excluding hydrogens is 459 g/mol. The maximum atomic E-state index is 13.5. The zero-order chi connectivity index (χ0) is 24.5. The lowest BCUT2D eigenvalue weighted by Gasteiger charge is -2.18. The van der Waals surface area contributed by atoms with Gasteiger partial charge >= 0.3 is 5.97 Å². The summed E-state index contributed by atoms with van der Waals surface area (Å²) in [6.45, 7) is 4.38. The molecule has 0 aliphatic rings. The lowest BCUT2D eigenvalue weighted by atomic mass is 10.0. The molecule has 1 unspecified atom stereocenters. The maximum Gasteiger partial charge on any atom is 0.305 e. The van der Waals surface area contributed by atoms with Crippen LogP contribution >= 0.6 is 11.6 Å². The zero-order valence-corrected chi connectivity index (χ0v) is 20.2. The van der Waals surface area contributed by atoms with Crippen LogP contribution in [-0.2, 0) is 16.0 Å². The van der Waals surface area contributed by atoms with Crippen molar-refractivity contribution in [2.45, 2.75) is 39.2 Å². The molecule has 0 saturated carbocycles. The molecule has 0 saturated heterocycles. The van der Waals surface area contributed by atoms with Crippen molar-refractivity contribution in [2.24, 2.45) is 0 Å². The van der Waals surface area contributed by atoms with E-state index in [1.54, 1.807) is 30.3 Å². The molecule has 0 heterocycles. The molecule has 34 heavy (non-hydrogen) atoms. The number of esters is 1. The summed E-state index contributed by atoms with van der Waals surface area (Å²) in [4.78, 5) is 11.4. The van der Waals surface area contributed by atoms with Crippen LogP contribution in [0.3, 0.4) is 0 Å². The molecule has 7 heteroatoms. The molecule has 3 aromatic rings. The Hall–Kier alpha value is -3.25. The molecule has 1 atom stereocenters. The Morgan fingerprint density at radius 1 is 1.03 bits per heavy atom. The summed E-state index contributed by atoms with van der Waals surface area (Å²) in [5.74, 6) is 1.41. The quantitative estimate of drug-likeness (QED) is 0.275. The summed E-state index contributed by atoms with van der Waals surface area (Å²) in [5.41, 5.74) is 2.15. The average Bonchev–Trinajstić information content (AvgIpc) is 2.80. The summed E-state index contributed by atoms with van der Waals surface area (Å²) in [5, 5.41) is 0.486. The van der Waals surface area contributed by atoms with Crippen LogP contribution in [0.5, 0.6) is 23.0 Å². The molecule has 5 nitrogen and oxygen atoms in total. The van der Waals surface area contributed by atoms with Gasteiger partial charge in [0.25, 0.3) is 0 Å². The molecule has 180 valence electrons. The number of benzene rings is 3. The lowest BCUT2D eigenvalue weighted by Crippen LogP contribution is -2.16. The van der Waals surface area contributed by atoms with Gasteiger partial charge in [0.05, 0.1) is 19.8 Å². The van der Waals surface area contributed by atoms with E-state index in [4.69, 9.17) is 30.5 Å². The monoisotopic (exact) mass is 486 g/mol. The van der Waals surface area contributed by atoms with Crippen molar-refractivity contribution in [3.8, 4) is 23.0 Å². The van der Waals surface area contributed by atoms with Crippen molar-refractivity contribution >= 4 is 17.6 Å². The Balaban J connectivity index is 1.54. The van der Waals surface area contributed by atoms with Gasteiger partial charge in [-0.1, -0.05) is 23.7 Å². The molecule has 0 N–H and O–H groups in total. The molecule has 0 amide bonds. The Kier molecular flexibility index (Phi) is 9.16. The topological polar surface area (TPSA) is 54.0 Å². The van der Waals surface area contributed by atoms with Crippen molar-refractivity contribution < 1.29 is 28.1 Å². The number of carbonyl (C=O) groups excluding carboxylic acids is 1. The van der Waals surface area contributed by atoms with E-state index in [1.165, 1.54) is 19.2 Å². The Morgan fingerprint density at radius 3 is 2.59 bits per heavy atom. The minimum Gasteiger partial charge on any atom is -0.493 e. The summed E-state index contributed by atoms with van der Waals surface area (Å²) in [6, 6.07) is 16.8. The Bertz CT molecular complexity index is 1120. The van der Waals surface area contributed by atoms with Crippen LogP contribution in [0.15, 0.2) is 60.7 Å². The molecule has 0 aliphatic carbocycles. The number of methoxy groups -OCH3 is 1. The summed E-state index contributed by atoms with van der Waals surface area (Å²) in [7, 11) is 1.39. The fourth-order valence-corrected chi connectivity index (χ4v) is 3.47. The van der Waals surface area contributed by atoms with Gasteiger partial charge in [-0.15, -0.1) is 0 Å². The van der Waals surface area contributed by atoms with Gasteiger partial charge in [-0.05, 0) is 67.8 Å². The molecule has 3 aromatic carbocycles. The number of carbonyl (C=O) groups is 1. The van der Waals surface area contributed by atoms with Crippen LogP contribution < -0.4 is 14.2 Å². The van der Waals surface area contributed by atoms with Crippen LogP contribution in [0.25, 0.3) is 0 Å². The largest absolute Gasteiger partial charge is 0.493 e. The van der Waals surface area contributed by atoms with Crippen LogP contribution in [-0.4, -0.2) is 25.8 Å². The van der Waals surface area contributed by atoms with Crippen LogP contribution in [0.2, 0.25) is 5.02 Å². The standard InChI is InChI=1S/C27H28ClFO5/c1-18-15-23(10-7-20(18)8-12-27(30)31-3)32-14-13-19(2)33-25-11-9-21(28)16-26(25)34-24-6-4-5-22(29)17-24/h4-7,9-11,15-17,19H,8,12-14H2,1-3H3. The Morgan fingerprint density at radius 2 is 1.85 bits per heavy atom. The number of hydrogen-bond acceptors (Lipinski definition) is 5. The van der Waals surface area contributed by atoms with Gasteiger partial charge in [0.1, 0.15) is 17.3 Å². The zero-order valence-electron chi connectivity index (χ0n) is 19.5. The molecule has 0 spiro atoms. The SMILES string of the molecule is COC(=O)CCc1ccc(OCCC(C)Oc2ccc(Cl)cc2Oc2cccc(F)c2)cc1C. The lowest BCUT2D eigenvalue weighted by molar-refractivity contribution is -0.140. The van der Waals surface area contributed by atoms with Crippen molar-refractivity contribution in [2.75, 3.05) is 13.7 Å². The molecule has 3 rings (SSSR count). The van der Waals surface area contributed by atoms with Gasteiger partial charge in [-0.2, -0.15) is 0 Å². The number of ether oxygens (including phenoxy) is 4. The number of hydrogen-bond donors (Lipinski definition) is 0. The second-order valence-electron chi connectivity index (χ2n) is 7.88. The van der Waals surface area contributed by atoms with Gasteiger partial charge in [-0.25, -0.2) is 4.39 Å². The van der Waals surface area contributed by atoms with E-state index in [1.807, 2.05) is 32.0 Å². The third kappa shape index (κ3) is 7.66. The van der Waals surface area contributed by atoms with Crippen LogP contribution in [0, 0.1) is 12.7 Å². The van der Waals surface area contributed by atoms with Crippen molar-refractivity contribution in [3.63, 3.8) is 0 Å². The van der Waals surface area contributed by atoms with E-state index in [0.29, 0.717) is 48.1 Å². The fourth-order valence-electron chi connectivity index (χ4n) is 3.31. The van der Waals surface area contributed by atoms with Crippen LogP contribution in [0.4, 0.5) is 4.39 Å². The van der Waals surface area contributed by atoms with E-state index in [0.717, 1.165) is 16.9 Å². The number of aryl methyl sites for hydroxylation is 2. The van der Waals surface area contributed by atoms with E-state index >= 15 is 0 Å². The third-order valence-electron chi connectivity index (χ3n) is 5.19. The second kappa shape index (κ2) is 12.3. The first kappa shape index (κ1) is 25.4. The van der Waals surface area contributed by atoms with E-state index in [2.05, 4.69) is 0 Å². The Labute approximate surface area is 204 Å². The van der Waals surface area contributed by atoms with E-state index in [9.17, 15) is 9.18 Å². The first-order chi connectivity index (χ1) is 16.3. The highest BCUT2D eigenvalue weighted by Gasteiger charge is 2.13. The summed E-state index contributed by atoms with van der Waals surface area (Å²) >= 11 is 6.12. The highest BCUT2D eigenvalue weighted by atomic mass is 35.5. The predicted molar refractivity (Wildman–Crippen MR) is 130 cm³/mol. The van der Waals surface area contributed by atoms with Gasteiger partial charge in [0.15, 0.2) is 11.5 Å². The molecule has 0 aliphatic heterocycles. The van der Waals surface area contributed by atoms with E-state index in [-0.39, 0.29) is 17.9 Å². The third-order valence-corrected chi connectivity index (χ3v) is 5.43. The van der Waals surface area contributed by atoms with Gasteiger partial charge < -0.3 is 18.9 Å². The summed E-state index contributed by atoms with van der Waals surface area (Å²) < 4.78 is 35.9. The average molecular weight is 487 g/mol. The van der Waals surface area contributed by atoms with Crippen molar-refractivity contribution in [1.82, 2.24) is 0 Å². The van der Waals surface area contributed by atoms with Gasteiger partial charge in [0, 0.05) is 30.0 Å². The predicted octanol–water partition coefficient (Wildman–Crippen LogP) is 6.92. The molecule has 0 aromatic heterocycles.